The number of aliphatic hydroxyl groups excluding tert-OH is 2. The third-order valence-corrected chi connectivity index (χ3v) is 2.92. The molecule has 0 amide bonds. The zero-order valence-corrected chi connectivity index (χ0v) is 9.90. The molecule has 0 aromatic carbocycles. The van der Waals surface area contributed by atoms with E-state index < -0.39 is 5.54 Å². The molecule has 0 fully saturated rings. The lowest BCUT2D eigenvalue weighted by Crippen LogP contribution is -2.50. The number of rotatable bonds is 6. The fourth-order valence-corrected chi connectivity index (χ4v) is 1.40. The number of hydrogen-bond donors (Lipinski definition) is 3. The first-order valence-corrected chi connectivity index (χ1v) is 5.54. The van der Waals surface area contributed by atoms with Crippen molar-refractivity contribution < 1.29 is 10.2 Å². The second-order valence-electron chi connectivity index (χ2n) is 4.11. The monoisotopic (exact) mass is 224 g/mol. The standard InChI is InChI=1S/C12H20N2O2/c1-3-12(8-15,9-16)14-7-11-5-4-10(2)13-6-11/h4-6,14-16H,3,7-9H2,1-2H3. The molecule has 0 saturated carbocycles. The highest BCUT2D eigenvalue weighted by molar-refractivity contribution is 5.13. The minimum absolute atomic E-state index is 0.0701. The summed E-state index contributed by atoms with van der Waals surface area (Å²) in [6.45, 7) is 4.34. The molecule has 0 bridgehead atoms. The van der Waals surface area contributed by atoms with Gasteiger partial charge in [0, 0.05) is 18.4 Å². The minimum Gasteiger partial charge on any atom is -0.394 e. The van der Waals surface area contributed by atoms with Crippen molar-refractivity contribution in [3.63, 3.8) is 0 Å². The molecule has 0 aliphatic rings. The number of hydrogen-bond acceptors (Lipinski definition) is 4. The average molecular weight is 224 g/mol. The van der Waals surface area contributed by atoms with Gasteiger partial charge >= 0.3 is 0 Å². The van der Waals surface area contributed by atoms with Gasteiger partial charge in [-0.05, 0) is 25.0 Å². The lowest BCUT2D eigenvalue weighted by Gasteiger charge is -2.29. The summed E-state index contributed by atoms with van der Waals surface area (Å²) in [5, 5.41) is 21.7. The first kappa shape index (κ1) is 13.1. The SMILES string of the molecule is CCC(CO)(CO)NCc1ccc(C)nc1. The van der Waals surface area contributed by atoms with Crippen molar-refractivity contribution in [2.75, 3.05) is 13.2 Å². The molecule has 0 aliphatic carbocycles. The van der Waals surface area contributed by atoms with Crippen LogP contribution in [0.3, 0.4) is 0 Å². The zero-order valence-electron chi connectivity index (χ0n) is 9.90. The maximum absolute atomic E-state index is 9.26. The molecule has 3 N–H and O–H groups in total. The van der Waals surface area contributed by atoms with Crippen LogP contribution in [-0.4, -0.2) is 33.9 Å². The smallest absolute Gasteiger partial charge is 0.0648 e. The molecule has 0 aliphatic heterocycles. The maximum Gasteiger partial charge on any atom is 0.0648 e. The van der Waals surface area contributed by atoms with Crippen molar-refractivity contribution in [2.24, 2.45) is 0 Å². The van der Waals surface area contributed by atoms with Crippen molar-refractivity contribution >= 4 is 0 Å². The normalized spacial score (nSPS) is 11.8. The molecule has 4 nitrogen and oxygen atoms in total. The Morgan fingerprint density at radius 2 is 2.00 bits per heavy atom. The highest BCUT2D eigenvalue weighted by Gasteiger charge is 2.25. The Kier molecular flexibility index (Phi) is 4.86. The van der Waals surface area contributed by atoms with Gasteiger partial charge in [-0.1, -0.05) is 13.0 Å². The van der Waals surface area contributed by atoms with Crippen LogP contribution in [0.4, 0.5) is 0 Å². The summed E-state index contributed by atoms with van der Waals surface area (Å²) in [6.07, 6.45) is 2.48. The lowest BCUT2D eigenvalue weighted by atomic mass is 9.98. The molecule has 0 saturated heterocycles. The zero-order chi connectivity index (χ0) is 12.0. The number of aromatic nitrogens is 1. The van der Waals surface area contributed by atoms with Crippen LogP contribution in [0.1, 0.15) is 24.6 Å². The predicted molar refractivity (Wildman–Crippen MR) is 63.0 cm³/mol. The highest BCUT2D eigenvalue weighted by Crippen LogP contribution is 2.10. The molecule has 90 valence electrons. The Morgan fingerprint density at radius 3 is 2.44 bits per heavy atom. The van der Waals surface area contributed by atoms with E-state index in [-0.39, 0.29) is 13.2 Å². The number of nitrogens with zero attached hydrogens (tertiary/aromatic N) is 1. The van der Waals surface area contributed by atoms with Crippen molar-refractivity contribution in [2.45, 2.75) is 32.4 Å². The van der Waals surface area contributed by atoms with Gasteiger partial charge < -0.3 is 15.5 Å². The Bertz CT molecular complexity index is 299. The number of aliphatic hydroxyl groups is 2. The average Bonchev–Trinajstić information content (AvgIpc) is 2.34. The summed E-state index contributed by atoms with van der Waals surface area (Å²) < 4.78 is 0. The topological polar surface area (TPSA) is 65.4 Å². The molecule has 0 radical (unpaired) electrons. The molecule has 1 aromatic rings. The third kappa shape index (κ3) is 3.27. The summed E-state index contributed by atoms with van der Waals surface area (Å²) in [7, 11) is 0. The molecule has 1 rings (SSSR count). The van der Waals surface area contributed by atoms with Crippen LogP contribution in [0.2, 0.25) is 0 Å². The minimum atomic E-state index is -0.592. The van der Waals surface area contributed by atoms with E-state index in [0.717, 1.165) is 11.3 Å². The first-order valence-electron chi connectivity index (χ1n) is 5.54. The molecule has 4 heteroatoms. The van der Waals surface area contributed by atoms with Crippen LogP contribution in [-0.2, 0) is 6.54 Å². The second kappa shape index (κ2) is 5.94. The Morgan fingerprint density at radius 1 is 1.31 bits per heavy atom. The largest absolute Gasteiger partial charge is 0.394 e. The molecule has 1 aromatic heterocycles. The van der Waals surface area contributed by atoms with Gasteiger partial charge in [0.1, 0.15) is 0 Å². The van der Waals surface area contributed by atoms with E-state index in [1.54, 1.807) is 6.20 Å². The van der Waals surface area contributed by atoms with E-state index in [4.69, 9.17) is 0 Å². The van der Waals surface area contributed by atoms with Crippen LogP contribution in [0, 0.1) is 6.92 Å². The molecule has 1 heterocycles. The maximum atomic E-state index is 9.26. The van der Waals surface area contributed by atoms with Gasteiger partial charge in [0.2, 0.25) is 0 Å². The predicted octanol–water partition coefficient (Wildman–Crippen LogP) is 0.613. The van der Waals surface area contributed by atoms with Crippen molar-refractivity contribution in [3.05, 3.63) is 29.6 Å². The number of nitrogens with one attached hydrogen (secondary N) is 1. The summed E-state index contributed by atoms with van der Waals surface area (Å²) >= 11 is 0. The summed E-state index contributed by atoms with van der Waals surface area (Å²) in [5.74, 6) is 0. The molecule has 0 unspecified atom stereocenters. The molecule has 16 heavy (non-hydrogen) atoms. The van der Waals surface area contributed by atoms with E-state index in [9.17, 15) is 10.2 Å². The van der Waals surface area contributed by atoms with Gasteiger partial charge in [-0.15, -0.1) is 0 Å². The number of pyridine rings is 1. The Labute approximate surface area is 96.3 Å². The third-order valence-electron chi connectivity index (χ3n) is 2.92. The van der Waals surface area contributed by atoms with Crippen LogP contribution >= 0.6 is 0 Å². The molecular formula is C12H20N2O2. The molecule has 0 atom stereocenters. The van der Waals surface area contributed by atoms with Crippen molar-refractivity contribution in [3.8, 4) is 0 Å². The molecular weight excluding hydrogens is 204 g/mol. The van der Waals surface area contributed by atoms with Crippen LogP contribution in [0.5, 0.6) is 0 Å². The van der Waals surface area contributed by atoms with E-state index >= 15 is 0 Å². The first-order chi connectivity index (χ1) is 7.65. The molecule has 0 spiro atoms. The van der Waals surface area contributed by atoms with Gasteiger partial charge in [0.25, 0.3) is 0 Å². The second-order valence-corrected chi connectivity index (χ2v) is 4.11. The van der Waals surface area contributed by atoms with Crippen LogP contribution in [0.25, 0.3) is 0 Å². The summed E-state index contributed by atoms with van der Waals surface area (Å²) in [5.41, 5.74) is 1.44. The quantitative estimate of drug-likeness (QED) is 0.662. The van der Waals surface area contributed by atoms with Gasteiger partial charge in [-0.3, -0.25) is 4.98 Å². The van der Waals surface area contributed by atoms with Gasteiger partial charge in [0.15, 0.2) is 0 Å². The fourth-order valence-electron chi connectivity index (χ4n) is 1.40. The van der Waals surface area contributed by atoms with Gasteiger partial charge in [-0.2, -0.15) is 0 Å². The van der Waals surface area contributed by atoms with E-state index in [1.807, 2.05) is 26.0 Å². The van der Waals surface area contributed by atoms with Crippen LogP contribution in [0.15, 0.2) is 18.3 Å². The van der Waals surface area contributed by atoms with Gasteiger partial charge in [0.05, 0.1) is 18.8 Å². The van der Waals surface area contributed by atoms with E-state index in [0.29, 0.717) is 13.0 Å². The number of aryl methyl sites for hydroxylation is 1. The highest BCUT2D eigenvalue weighted by atomic mass is 16.3. The summed E-state index contributed by atoms with van der Waals surface area (Å²) in [6, 6.07) is 3.94. The van der Waals surface area contributed by atoms with Gasteiger partial charge in [-0.25, -0.2) is 0 Å². The lowest BCUT2D eigenvalue weighted by molar-refractivity contribution is 0.0864. The summed E-state index contributed by atoms with van der Waals surface area (Å²) in [4.78, 5) is 4.19. The van der Waals surface area contributed by atoms with E-state index in [2.05, 4.69) is 10.3 Å². The van der Waals surface area contributed by atoms with E-state index in [1.165, 1.54) is 0 Å². The van der Waals surface area contributed by atoms with Crippen molar-refractivity contribution in [1.82, 2.24) is 10.3 Å². The fraction of sp³-hybridized carbons (Fsp3) is 0.583. The Balaban J connectivity index is 2.58. The Hall–Kier alpha value is -0.970. The van der Waals surface area contributed by atoms with Crippen molar-refractivity contribution in [1.29, 1.82) is 0 Å². The van der Waals surface area contributed by atoms with Crippen LogP contribution < -0.4 is 5.32 Å².